The first-order valence-electron chi connectivity index (χ1n) is 11.1. The smallest absolute Gasteiger partial charge is 0.255 e. The Balaban J connectivity index is 1.43. The second-order valence-corrected chi connectivity index (χ2v) is 8.56. The van der Waals surface area contributed by atoms with Crippen LogP contribution in [0.3, 0.4) is 0 Å². The van der Waals surface area contributed by atoms with Crippen molar-refractivity contribution in [3.05, 3.63) is 72.1 Å². The number of nitrogens with one attached hydrogen (secondary N) is 1. The Kier molecular flexibility index (Phi) is 5.47. The summed E-state index contributed by atoms with van der Waals surface area (Å²) in [6, 6.07) is 9.20. The van der Waals surface area contributed by atoms with Crippen LogP contribution < -0.4 is 5.32 Å². The van der Waals surface area contributed by atoms with Crippen molar-refractivity contribution in [3.63, 3.8) is 0 Å². The molecule has 0 aliphatic heterocycles. The molecule has 32 heavy (non-hydrogen) atoms. The van der Waals surface area contributed by atoms with E-state index >= 15 is 0 Å². The Morgan fingerprint density at radius 3 is 2.75 bits per heavy atom. The average molecular weight is 432 g/mol. The first-order chi connectivity index (χ1) is 15.6. The molecule has 1 aliphatic carbocycles. The van der Waals surface area contributed by atoms with Gasteiger partial charge in [-0.25, -0.2) is 4.39 Å². The van der Waals surface area contributed by atoms with Crippen molar-refractivity contribution in [1.82, 2.24) is 24.6 Å². The molecule has 4 aromatic rings. The Hall–Kier alpha value is -3.48. The largest absolute Gasteiger partial charge is 0.349 e. The molecule has 0 spiro atoms. The van der Waals surface area contributed by atoms with Gasteiger partial charge in [-0.3, -0.25) is 14.5 Å². The van der Waals surface area contributed by atoms with Crippen molar-refractivity contribution in [2.75, 3.05) is 0 Å². The number of pyridine rings is 1. The molecule has 1 aromatic carbocycles. The number of aromatic nitrogens is 4. The number of nitrogens with zero attached hydrogens (tertiary/aromatic N) is 4. The lowest BCUT2D eigenvalue weighted by molar-refractivity contribution is 0.0929. The van der Waals surface area contributed by atoms with Crippen molar-refractivity contribution >= 4 is 16.9 Å². The van der Waals surface area contributed by atoms with Gasteiger partial charge >= 0.3 is 0 Å². The van der Waals surface area contributed by atoms with Gasteiger partial charge in [0.05, 0.1) is 23.8 Å². The number of carbonyl (C=O) groups is 1. The van der Waals surface area contributed by atoms with E-state index in [1.165, 1.54) is 12.5 Å². The summed E-state index contributed by atoms with van der Waals surface area (Å²) in [5.41, 5.74) is 4.21. The molecule has 5 rings (SSSR count). The van der Waals surface area contributed by atoms with Crippen molar-refractivity contribution in [2.45, 2.75) is 44.7 Å². The SMILES string of the molecule is Cn1cc(-c2ccc(Cn3cc(C(=O)NC4CCCCC4)c4ncccc43)c(F)c2)cn1. The highest BCUT2D eigenvalue weighted by Gasteiger charge is 2.21. The lowest BCUT2D eigenvalue weighted by Crippen LogP contribution is -2.36. The molecule has 6 nitrogen and oxygen atoms in total. The Bertz CT molecular complexity index is 1270. The molecule has 1 aliphatic rings. The first kappa shape index (κ1) is 20.4. The highest BCUT2D eigenvalue weighted by Crippen LogP contribution is 2.25. The van der Waals surface area contributed by atoms with Gasteiger partial charge in [0, 0.05) is 42.8 Å². The predicted octanol–water partition coefficient (Wildman–Crippen LogP) is 4.69. The van der Waals surface area contributed by atoms with Crippen molar-refractivity contribution in [2.24, 2.45) is 7.05 Å². The fourth-order valence-electron chi connectivity index (χ4n) is 4.54. The van der Waals surface area contributed by atoms with Crippen molar-refractivity contribution in [3.8, 4) is 11.1 Å². The highest BCUT2D eigenvalue weighted by atomic mass is 19.1. The zero-order valence-corrected chi connectivity index (χ0v) is 18.1. The summed E-state index contributed by atoms with van der Waals surface area (Å²) in [6.07, 6.45) is 12.6. The number of hydrogen-bond acceptors (Lipinski definition) is 3. The van der Waals surface area contributed by atoms with E-state index in [-0.39, 0.29) is 17.8 Å². The normalized spacial score (nSPS) is 14.7. The predicted molar refractivity (Wildman–Crippen MR) is 122 cm³/mol. The number of aryl methyl sites for hydroxylation is 1. The minimum absolute atomic E-state index is 0.105. The molecular weight excluding hydrogens is 405 g/mol. The van der Waals surface area contributed by atoms with Crippen LogP contribution in [0.25, 0.3) is 22.2 Å². The molecule has 1 amide bonds. The minimum Gasteiger partial charge on any atom is -0.349 e. The maximum Gasteiger partial charge on any atom is 0.255 e. The zero-order valence-electron chi connectivity index (χ0n) is 18.1. The molecule has 0 unspecified atom stereocenters. The van der Waals surface area contributed by atoms with Crippen LogP contribution in [-0.4, -0.2) is 31.3 Å². The van der Waals surface area contributed by atoms with E-state index in [1.54, 1.807) is 29.3 Å². The molecule has 3 heterocycles. The fourth-order valence-corrected chi connectivity index (χ4v) is 4.54. The molecule has 0 bridgehead atoms. The summed E-state index contributed by atoms with van der Waals surface area (Å²) >= 11 is 0. The van der Waals surface area contributed by atoms with Crippen LogP contribution in [0, 0.1) is 5.82 Å². The number of hydrogen-bond donors (Lipinski definition) is 1. The number of carbonyl (C=O) groups excluding carboxylic acids is 1. The van der Waals surface area contributed by atoms with Crippen LogP contribution in [0.1, 0.15) is 48.0 Å². The Morgan fingerprint density at radius 1 is 1.16 bits per heavy atom. The van der Waals surface area contributed by atoms with Crippen LogP contribution in [0.15, 0.2) is 55.1 Å². The van der Waals surface area contributed by atoms with Crippen LogP contribution in [0.2, 0.25) is 0 Å². The molecule has 7 heteroatoms. The van der Waals surface area contributed by atoms with Gasteiger partial charge in [-0.1, -0.05) is 31.4 Å². The maximum atomic E-state index is 15.0. The third kappa shape index (κ3) is 4.02. The molecule has 0 radical (unpaired) electrons. The summed E-state index contributed by atoms with van der Waals surface area (Å²) < 4.78 is 18.6. The lowest BCUT2D eigenvalue weighted by atomic mass is 9.95. The highest BCUT2D eigenvalue weighted by molar-refractivity contribution is 6.05. The molecule has 1 N–H and O–H groups in total. The number of fused-ring (bicyclic) bond motifs is 1. The Labute approximate surface area is 186 Å². The van der Waals surface area contributed by atoms with Crippen molar-refractivity contribution < 1.29 is 9.18 Å². The quantitative estimate of drug-likeness (QED) is 0.499. The number of halogens is 1. The topological polar surface area (TPSA) is 64.7 Å². The third-order valence-electron chi connectivity index (χ3n) is 6.25. The number of rotatable bonds is 5. The van der Waals surface area contributed by atoms with Gasteiger partial charge in [0.1, 0.15) is 11.3 Å². The summed E-state index contributed by atoms with van der Waals surface area (Å²) in [4.78, 5) is 17.5. The average Bonchev–Trinajstić information content (AvgIpc) is 3.40. The second kappa shape index (κ2) is 8.57. The second-order valence-electron chi connectivity index (χ2n) is 8.56. The summed E-state index contributed by atoms with van der Waals surface area (Å²) in [5.74, 6) is -0.392. The maximum absolute atomic E-state index is 15.0. The van der Waals surface area contributed by atoms with E-state index < -0.39 is 0 Å². The number of amides is 1. The van der Waals surface area contributed by atoms with Gasteiger partial charge in [-0.05, 0) is 36.6 Å². The van der Waals surface area contributed by atoms with E-state index in [2.05, 4.69) is 15.4 Å². The van der Waals surface area contributed by atoms with Crippen LogP contribution in [0.5, 0.6) is 0 Å². The molecule has 0 saturated heterocycles. The van der Waals surface area contributed by atoms with Gasteiger partial charge in [0.25, 0.3) is 5.91 Å². The van der Waals surface area contributed by atoms with Gasteiger partial charge in [0.2, 0.25) is 0 Å². The summed E-state index contributed by atoms with van der Waals surface area (Å²) in [7, 11) is 1.83. The van der Waals surface area contributed by atoms with Crippen molar-refractivity contribution in [1.29, 1.82) is 0 Å². The third-order valence-corrected chi connectivity index (χ3v) is 6.25. The van der Waals surface area contributed by atoms with Gasteiger partial charge in [0.15, 0.2) is 0 Å². The summed E-state index contributed by atoms with van der Waals surface area (Å²) in [6.45, 7) is 0.318. The van der Waals surface area contributed by atoms with E-state index in [0.717, 1.165) is 42.3 Å². The molecule has 0 atom stereocenters. The molecular formula is C25H26FN5O. The molecule has 164 valence electrons. The van der Waals surface area contributed by atoms with E-state index in [0.29, 0.717) is 23.2 Å². The monoisotopic (exact) mass is 431 g/mol. The zero-order chi connectivity index (χ0) is 22.1. The van der Waals surface area contributed by atoms with Gasteiger partial charge in [-0.2, -0.15) is 5.10 Å². The standard InChI is InChI=1S/C25H26FN5O/c1-30-14-19(13-28-30)17-9-10-18(22(26)12-17)15-31-16-21(24-23(31)8-5-11-27-24)25(32)29-20-6-3-2-4-7-20/h5,8-14,16,20H,2-4,6-7,15H2,1H3,(H,29,32). The first-order valence-corrected chi connectivity index (χ1v) is 11.1. The summed E-state index contributed by atoms with van der Waals surface area (Å²) in [5, 5.41) is 7.32. The Morgan fingerprint density at radius 2 is 2.00 bits per heavy atom. The number of benzene rings is 1. The molecule has 3 aromatic heterocycles. The molecule has 1 saturated carbocycles. The fraction of sp³-hybridized carbons (Fsp3) is 0.320. The van der Waals surface area contributed by atoms with Crippen LogP contribution in [0.4, 0.5) is 4.39 Å². The van der Waals surface area contributed by atoms with E-state index in [9.17, 15) is 9.18 Å². The van der Waals surface area contributed by atoms with Crippen LogP contribution >= 0.6 is 0 Å². The van der Waals surface area contributed by atoms with Crippen LogP contribution in [-0.2, 0) is 13.6 Å². The van der Waals surface area contributed by atoms with Gasteiger partial charge < -0.3 is 9.88 Å². The van der Waals surface area contributed by atoms with E-state index in [4.69, 9.17) is 0 Å². The van der Waals surface area contributed by atoms with E-state index in [1.807, 2.05) is 36.0 Å². The molecule has 1 fully saturated rings. The minimum atomic E-state index is -0.287. The van der Waals surface area contributed by atoms with Gasteiger partial charge in [-0.15, -0.1) is 0 Å². The lowest BCUT2D eigenvalue weighted by Gasteiger charge is -2.22.